The highest BCUT2D eigenvalue weighted by molar-refractivity contribution is 6.17. The van der Waals surface area contributed by atoms with Crippen LogP contribution in [0.1, 0.15) is 32.5 Å². The number of carbonyl (C=O) groups is 2. The number of hydrogen-bond donors (Lipinski definition) is 1. The van der Waals surface area contributed by atoms with Crippen LogP contribution in [0.3, 0.4) is 0 Å². The van der Waals surface area contributed by atoms with Gasteiger partial charge in [-0.1, -0.05) is 0 Å². The van der Waals surface area contributed by atoms with Crippen molar-refractivity contribution in [2.24, 2.45) is 0 Å². The summed E-state index contributed by atoms with van der Waals surface area (Å²) in [4.78, 5) is 26.6. The van der Waals surface area contributed by atoms with Gasteiger partial charge in [0.1, 0.15) is 5.75 Å². The van der Waals surface area contributed by atoms with E-state index in [0.29, 0.717) is 28.3 Å². The lowest BCUT2D eigenvalue weighted by atomic mass is 10.1. The van der Waals surface area contributed by atoms with Crippen molar-refractivity contribution >= 4 is 17.6 Å². The van der Waals surface area contributed by atoms with Crippen molar-refractivity contribution in [2.75, 3.05) is 19.1 Å². The van der Waals surface area contributed by atoms with E-state index in [1.54, 1.807) is 12.1 Å². The lowest BCUT2D eigenvalue weighted by molar-refractivity contribution is 0.0272. The second-order valence-corrected chi connectivity index (χ2v) is 5.40. The summed E-state index contributed by atoms with van der Waals surface area (Å²) in [6.07, 6.45) is -0.864. The molecule has 1 amide bonds. The van der Waals surface area contributed by atoms with Crippen molar-refractivity contribution in [3.63, 3.8) is 0 Å². The van der Waals surface area contributed by atoms with Gasteiger partial charge in [0.2, 0.25) is 6.23 Å². The smallest absolute Gasteiger partial charge is 0.342 e. The molecule has 0 aliphatic carbocycles. The van der Waals surface area contributed by atoms with E-state index in [0.717, 1.165) is 0 Å². The second kappa shape index (κ2) is 4.89. The Labute approximate surface area is 137 Å². The molecule has 1 unspecified atom stereocenters. The minimum absolute atomic E-state index is 0.0763. The molecule has 1 N–H and O–H groups in total. The molecule has 2 aromatic carbocycles. The summed E-state index contributed by atoms with van der Waals surface area (Å²) >= 11 is 0. The first-order chi connectivity index (χ1) is 11.6. The fourth-order valence-electron chi connectivity index (χ4n) is 3.15. The van der Waals surface area contributed by atoms with E-state index in [-0.39, 0.29) is 17.2 Å². The number of anilines is 1. The molecule has 122 valence electrons. The van der Waals surface area contributed by atoms with E-state index in [9.17, 15) is 14.7 Å². The zero-order chi connectivity index (χ0) is 17.0. The summed E-state index contributed by atoms with van der Waals surface area (Å²) in [6.45, 7) is 0. The van der Waals surface area contributed by atoms with E-state index < -0.39 is 12.2 Å². The van der Waals surface area contributed by atoms with Gasteiger partial charge in [0.25, 0.3) is 5.91 Å². The number of carbonyl (C=O) groups excluding carboxylic acids is 2. The zero-order valence-electron chi connectivity index (χ0n) is 12.9. The Morgan fingerprint density at radius 1 is 1.12 bits per heavy atom. The minimum atomic E-state index is -0.864. The normalized spacial score (nSPS) is 17.8. The molecule has 0 aromatic heterocycles. The molecule has 7 heteroatoms. The van der Waals surface area contributed by atoms with Crippen LogP contribution in [0.25, 0.3) is 0 Å². The lowest BCUT2D eigenvalue weighted by Gasteiger charge is -2.31. The highest BCUT2D eigenvalue weighted by atomic mass is 16.6. The van der Waals surface area contributed by atoms with Crippen LogP contribution in [0.2, 0.25) is 0 Å². The predicted molar refractivity (Wildman–Crippen MR) is 82.6 cm³/mol. The van der Waals surface area contributed by atoms with Gasteiger partial charge < -0.3 is 19.3 Å². The number of rotatable bonds is 2. The molecule has 0 bridgehead atoms. The van der Waals surface area contributed by atoms with Crippen LogP contribution in [-0.2, 0) is 4.74 Å². The van der Waals surface area contributed by atoms with Gasteiger partial charge in [0.15, 0.2) is 11.5 Å². The molecule has 24 heavy (non-hydrogen) atoms. The highest BCUT2D eigenvalue weighted by Gasteiger charge is 2.47. The quantitative estimate of drug-likeness (QED) is 0.852. The van der Waals surface area contributed by atoms with Gasteiger partial charge in [-0.15, -0.1) is 0 Å². The van der Waals surface area contributed by atoms with E-state index in [1.165, 1.54) is 37.3 Å². The second-order valence-electron chi connectivity index (χ2n) is 5.40. The first-order valence-electron chi connectivity index (χ1n) is 7.19. The standard InChI is InChI=1S/C17H13NO6/c1-22-12-6-4-9-13(14(12)23-2)15(20)18-11-5-3-8(19)7-10(11)17(21)24-16(9)18/h3-7,16,19H,1-2H3. The molecule has 1 atom stereocenters. The molecule has 2 aromatic rings. The first-order valence-corrected chi connectivity index (χ1v) is 7.19. The molecule has 0 spiro atoms. The Bertz CT molecular complexity index is 891. The maximum atomic E-state index is 13.0. The van der Waals surface area contributed by atoms with E-state index in [1.807, 2.05) is 0 Å². The molecule has 2 aliphatic rings. The summed E-state index contributed by atoms with van der Waals surface area (Å²) in [5.41, 5.74) is 1.36. The third-order valence-corrected chi connectivity index (χ3v) is 4.19. The van der Waals surface area contributed by atoms with Crippen LogP contribution < -0.4 is 14.4 Å². The third-order valence-electron chi connectivity index (χ3n) is 4.19. The van der Waals surface area contributed by atoms with E-state index >= 15 is 0 Å². The molecule has 4 rings (SSSR count). The average molecular weight is 327 g/mol. The zero-order valence-corrected chi connectivity index (χ0v) is 12.9. The summed E-state index contributed by atoms with van der Waals surface area (Å²) in [5.74, 6) is -0.317. The van der Waals surface area contributed by atoms with Crippen molar-refractivity contribution in [1.82, 2.24) is 0 Å². The number of esters is 1. The number of ether oxygens (including phenoxy) is 3. The predicted octanol–water partition coefficient (Wildman–Crippen LogP) is 2.24. The van der Waals surface area contributed by atoms with Crippen molar-refractivity contribution in [2.45, 2.75) is 6.23 Å². The van der Waals surface area contributed by atoms with Gasteiger partial charge in [-0.05, 0) is 30.3 Å². The largest absolute Gasteiger partial charge is 0.508 e. The Kier molecular flexibility index (Phi) is 2.93. The molecular formula is C17H13NO6. The van der Waals surface area contributed by atoms with Crippen LogP contribution in [0.4, 0.5) is 5.69 Å². The topological polar surface area (TPSA) is 85.3 Å². The molecule has 7 nitrogen and oxygen atoms in total. The summed E-state index contributed by atoms with van der Waals surface area (Å²) in [7, 11) is 2.93. The minimum Gasteiger partial charge on any atom is -0.508 e. The molecule has 2 aliphatic heterocycles. The van der Waals surface area contributed by atoms with Crippen molar-refractivity contribution in [1.29, 1.82) is 0 Å². The van der Waals surface area contributed by atoms with E-state index in [2.05, 4.69) is 0 Å². The molecule has 2 heterocycles. The third kappa shape index (κ3) is 1.72. The number of phenolic OH excluding ortho intramolecular Hbond substituents is 1. The Morgan fingerprint density at radius 2 is 1.92 bits per heavy atom. The summed E-state index contributed by atoms with van der Waals surface area (Å²) in [5, 5.41) is 9.59. The Balaban J connectivity index is 1.94. The van der Waals surface area contributed by atoms with Gasteiger partial charge in [-0.25, -0.2) is 4.79 Å². The van der Waals surface area contributed by atoms with Crippen LogP contribution >= 0.6 is 0 Å². The fraction of sp³-hybridized carbons (Fsp3) is 0.176. The van der Waals surface area contributed by atoms with Gasteiger partial charge in [0, 0.05) is 5.56 Å². The number of benzene rings is 2. The number of hydrogen-bond acceptors (Lipinski definition) is 6. The van der Waals surface area contributed by atoms with Crippen LogP contribution in [0, 0.1) is 0 Å². The Hall–Kier alpha value is -3.22. The number of nitrogens with zero attached hydrogens (tertiary/aromatic N) is 1. The molecular weight excluding hydrogens is 314 g/mol. The number of fused-ring (bicyclic) bond motifs is 5. The van der Waals surface area contributed by atoms with Crippen LogP contribution in [-0.4, -0.2) is 31.2 Å². The Morgan fingerprint density at radius 3 is 2.62 bits per heavy atom. The highest BCUT2D eigenvalue weighted by Crippen LogP contribution is 2.48. The van der Waals surface area contributed by atoms with Crippen molar-refractivity contribution < 1.29 is 28.9 Å². The molecule has 0 fully saturated rings. The van der Waals surface area contributed by atoms with Crippen molar-refractivity contribution in [3.05, 3.63) is 47.0 Å². The van der Waals surface area contributed by atoms with Crippen LogP contribution in [0.5, 0.6) is 17.2 Å². The molecule has 0 saturated heterocycles. The lowest BCUT2D eigenvalue weighted by Crippen LogP contribution is -2.36. The molecule has 0 radical (unpaired) electrons. The molecule has 0 saturated carbocycles. The summed E-state index contributed by atoms with van der Waals surface area (Å²) in [6, 6.07) is 7.56. The number of amides is 1. The van der Waals surface area contributed by atoms with E-state index in [4.69, 9.17) is 14.2 Å². The number of aromatic hydroxyl groups is 1. The SMILES string of the molecule is COc1ccc2c(c1OC)C(=O)N1c3ccc(O)cc3C(=O)OC21. The first kappa shape index (κ1) is 14.4. The van der Waals surface area contributed by atoms with Gasteiger partial charge in [-0.2, -0.15) is 0 Å². The fourth-order valence-corrected chi connectivity index (χ4v) is 3.15. The maximum absolute atomic E-state index is 13.0. The van der Waals surface area contributed by atoms with Gasteiger partial charge >= 0.3 is 5.97 Å². The number of phenols is 1. The maximum Gasteiger partial charge on any atom is 0.342 e. The number of methoxy groups -OCH3 is 2. The monoisotopic (exact) mass is 327 g/mol. The average Bonchev–Trinajstić information content (AvgIpc) is 2.87. The summed E-state index contributed by atoms with van der Waals surface area (Å²) < 4.78 is 16.0. The van der Waals surface area contributed by atoms with Crippen molar-refractivity contribution in [3.8, 4) is 17.2 Å². The van der Waals surface area contributed by atoms with Gasteiger partial charge in [-0.3, -0.25) is 9.69 Å². The van der Waals surface area contributed by atoms with Gasteiger partial charge in [0.05, 0.1) is 31.0 Å². The van der Waals surface area contributed by atoms with Crippen LogP contribution in [0.15, 0.2) is 30.3 Å².